The van der Waals surface area contributed by atoms with E-state index in [1.54, 1.807) is 29.3 Å². The van der Waals surface area contributed by atoms with Crippen molar-refractivity contribution >= 4 is 11.7 Å². The van der Waals surface area contributed by atoms with Gasteiger partial charge in [-0.05, 0) is 35.4 Å². The molecule has 0 aromatic carbocycles. The van der Waals surface area contributed by atoms with Crippen LogP contribution in [0.5, 0.6) is 0 Å². The Morgan fingerprint density at radius 1 is 1.30 bits per heavy atom. The minimum atomic E-state index is -0.171. The third-order valence-corrected chi connectivity index (χ3v) is 4.01. The number of ketones is 1. The summed E-state index contributed by atoms with van der Waals surface area (Å²) in [5.74, 6) is -0.127. The lowest BCUT2D eigenvalue weighted by Crippen LogP contribution is -2.42. The Balaban J connectivity index is 1.57. The number of aryl methyl sites for hydroxylation is 1. The Morgan fingerprint density at radius 3 is 2.96 bits per heavy atom. The predicted octanol–water partition coefficient (Wildman–Crippen LogP) is 0.580. The topological polar surface area (TPSA) is 93.9 Å². The van der Waals surface area contributed by atoms with Crippen LogP contribution in [0.3, 0.4) is 0 Å². The zero-order valence-electron chi connectivity index (χ0n) is 12.7. The van der Waals surface area contributed by atoms with E-state index in [1.807, 2.05) is 0 Å². The van der Waals surface area contributed by atoms with E-state index in [2.05, 4.69) is 20.5 Å². The lowest BCUT2D eigenvalue weighted by atomic mass is 9.91. The van der Waals surface area contributed by atoms with Gasteiger partial charge < -0.3 is 4.90 Å². The maximum atomic E-state index is 12.5. The SMILES string of the molecule is O=C(c1ccccn1)C1CCCN(C(=O)CCn2cnnn2)C1. The highest BCUT2D eigenvalue weighted by atomic mass is 16.2. The zero-order valence-corrected chi connectivity index (χ0v) is 12.7. The third kappa shape index (κ3) is 3.77. The maximum Gasteiger partial charge on any atom is 0.224 e. The second kappa shape index (κ2) is 7.08. The highest BCUT2D eigenvalue weighted by Crippen LogP contribution is 2.20. The standard InChI is InChI=1S/C15H18N6O2/c22-14(6-9-21-11-17-18-19-21)20-8-3-4-12(10-20)15(23)13-5-1-2-7-16-13/h1-2,5,7,11-12H,3-4,6,8-10H2. The average Bonchev–Trinajstić information content (AvgIpc) is 3.13. The van der Waals surface area contributed by atoms with Gasteiger partial charge in [0.1, 0.15) is 12.0 Å². The van der Waals surface area contributed by atoms with Gasteiger partial charge in [-0.3, -0.25) is 14.6 Å². The minimum absolute atomic E-state index is 0.0172. The van der Waals surface area contributed by atoms with Gasteiger partial charge in [-0.1, -0.05) is 6.07 Å². The van der Waals surface area contributed by atoms with E-state index >= 15 is 0 Å². The summed E-state index contributed by atoms with van der Waals surface area (Å²) in [6.07, 6.45) is 5.06. The van der Waals surface area contributed by atoms with E-state index in [1.165, 1.54) is 11.0 Å². The molecule has 0 bridgehead atoms. The van der Waals surface area contributed by atoms with Crippen molar-refractivity contribution in [2.75, 3.05) is 13.1 Å². The van der Waals surface area contributed by atoms with Crippen LogP contribution in [0.2, 0.25) is 0 Å². The van der Waals surface area contributed by atoms with Crippen molar-refractivity contribution in [2.45, 2.75) is 25.8 Å². The number of aromatic nitrogens is 5. The molecule has 0 aliphatic carbocycles. The summed E-state index contributed by atoms with van der Waals surface area (Å²) < 4.78 is 1.53. The largest absolute Gasteiger partial charge is 0.342 e. The van der Waals surface area contributed by atoms with Crippen molar-refractivity contribution in [3.63, 3.8) is 0 Å². The number of amides is 1. The fourth-order valence-electron chi connectivity index (χ4n) is 2.79. The van der Waals surface area contributed by atoms with E-state index in [4.69, 9.17) is 0 Å². The second-order valence-electron chi connectivity index (χ2n) is 5.58. The van der Waals surface area contributed by atoms with Crippen LogP contribution in [-0.2, 0) is 11.3 Å². The van der Waals surface area contributed by atoms with Gasteiger partial charge in [0.2, 0.25) is 5.91 Å². The van der Waals surface area contributed by atoms with Crippen LogP contribution in [-0.4, -0.2) is 54.9 Å². The first-order valence-electron chi connectivity index (χ1n) is 7.68. The number of likely N-dealkylation sites (tertiary alicyclic amines) is 1. The van der Waals surface area contributed by atoms with Crippen molar-refractivity contribution in [2.24, 2.45) is 5.92 Å². The molecule has 2 aromatic rings. The van der Waals surface area contributed by atoms with Gasteiger partial charge in [-0.2, -0.15) is 0 Å². The number of carbonyl (C=O) groups excluding carboxylic acids is 2. The second-order valence-corrected chi connectivity index (χ2v) is 5.58. The average molecular weight is 314 g/mol. The predicted molar refractivity (Wildman–Crippen MR) is 80.3 cm³/mol. The van der Waals surface area contributed by atoms with Crippen LogP contribution in [0, 0.1) is 5.92 Å². The van der Waals surface area contributed by atoms with Gasteiger partial charge in [-0.25, -0.2) is 4.68 Å². The van der Waals surface area contributed by atoms with E-state index in [9.17, 15) is 9.59 Å². The van der Waals surface area contributed by atoms with Crippen LogP contribution in [0.25, 0.3) is 0 Å². The summed E-state index contributed by atoms with van der Waals surface area (Å²) >= 11 is 0. The first-order chi connectivity index (χ1) is 11.2. The lowest BCUT2D eigenvalue weighted by molar-refractivity contribution is -0.132. The molecule has 1 unspecified atom stereocenters. The maximum absolute atomic E-state index is 12.5. The van der Waals surface area contributed by atoms with Crippen LogP contribution in [0.1, 0.15) is 29.8 Å². The molecule has 1 saturated heterocycles. The van der Waals surface area contributed by atoms with Gasteiger partial charge in [-0.15, -0.1) is 5.10 Å². The third-order valence-electron chi connectivity index (χ3n) is 4.01. The summed E-state index contributed by atoms with van der Waals surface area (Å²) in [6.45, 7) is 1.60. The normalized spacial score (nSPS) is 17.9. The van der Waals surface area contributed by atoms with Gasteiger partial charge in [0, 0.05) is 31.6 Å². The monoisotopic (exact) mass is 314 g/mol. The molecule has 1 amide bonds. The van der Waals surface area contributed by atoms with Crippen LogP contribution < -0.4 is 0 Å². The van der Waals surface area contributed by atoms with Crippen molar-refractivity contribution in [3.8, 4) is 0 Å². The number of carbonyl (C=O) groups is 2. The number of tetrazole rings is 1. The Kier molecular flexibility index (Phi) is 4.70. The molecule has 0 spiro atoms. The van der Waals surface area contributed by atoms with Crippen LogP contribution in [0.4, 0.5) is 0 Å². The van der Waals surface area contributed by atoms with Crippen molar-refractivity contribution < 1.29 is 9.59 Å². The molecule has 2 aromatic heterocycles. The number of rotatable bonds is 5. The van der Waals surface area contributed by atoms with Crippen molar-refractivity contribution in [3.05, 3.63) is 36.4 Å². The van der Waals surface area contributed by atoms with Crippen LogP contribution in [0.15, 0.2) is 30.7 Å². The number of hydrogen-bond acceptors (Lipinski definition) is 6. The van der Waals surface area contributed by atoms with Crippen molar-refractivity contribution in [1.29, 1.82) is 0 Å². The highest BCUT2D eigenvalue weighted by molar-refractivity contribution is 5.96. The molecule has 3 rings (SSSR count). The molecule has 8 heteroatoms. The molecular formula is C15H18N6O2. The Hall–Kier alpha value is -2.64. The van der Waals surface area contributed by atoms with E-state index in [0.717, 1.165) is 12.8 Å². The molecule has 1 aliphatic heterocycles. The van der Waals surface area contributed by atoms with Gasteiger partial charge >= 0.3 is 0 Å². The number of hydrogen-bond donors (Lipinski definition) is 0. The first kappa shape index (κ1) is 15.3. The molecule has 0 radical (unpaired) electrons. The summed E-state index contributed by atoms with van der Waals surface area (Å²) in [5, 5.41) is 10.8. The molecule has 23 heavy (non-hydrogen) atoms. The number of pyridine rings is 1. The lowest BCUT2D eigenvalue weighted by Gasteiger charge is -2.32. The molecule has 1 aliphatic rings. The highest BCUT2D eigenvalue weighted by Gasteiger charge is 2.29. The summed E-state index contributed by atoms with van der Waals surface area (Å²) in [4.78, 5) is 30.7. The minimum Gasteiger partial charge on any atom is -0.342 e. The smallest absolute Gasteiger partial charge is 0.224 e. The molecule has 8 nitrogen and oxygen atoms in total. The summed E-state index contributed by atoms with van der Waals surface area (Å²) in [7, 11) is 0. The zero-order chi connectivity index (χ0) is 16.1. The number of piperidine rings is 1. The number of Topliss-reactive ketones (excluding diaryl/α,β-unsaturated/α-hetero) is 1. The summed E-state index contributed by atoms with van der Waals surface area (Å²) in [5.41, 5.74) is 0.473. The Morgan fingerprint density at radius 2 is 2.22 bits per heavy atom. The van der Waals surface area contributed by atoms with E-state index in [-0.39, 0.29) is 17.6 Å². The van der Waals surface area contributed by atoms with Gasteiger partial charge in [0.05, 0.1) is 6.54 Å². The Bertz CT molecular complexity index is 658. The van der Waals surface area contributed by atoms with Crippen LogP contribution >= 0.6 is 0 Å². The van der Waals surface area contributed by atoms with E-state index in [0.29, 0.717) is 31.7 Å². The molecule has 0 N–H and O–H groups in total. The molecule has 3 heterocycles. The molecule has 120 valence electrons. The van der Waals surface area contributed by atoms with Gasteiger partial charge in [0.25, 0.3) is 0 Å². The molecule has 0 saturated carbocycles. The fourth-order valence-corrected chi connectivity index (χ4v) is 2.79. The van der Waals surface area contributed by atoms with Crippen molar-refractivity contribution in [1.82, 2.24) is 30.1 Å². The fraction of sp³-hybridized carbons (Fsp3) is 0.467. The van der Waals surface area contributed by atoms with Gasteiger partial charge in [0.15, 0.2) is 5.78 Å². The number of nitrogens with zero attached hydrogens (tertiary/aromatic N) is 6. The molecular weight excluding hydrogens is 296 g/mol. The molecule has 1 fully saturated rings. The quantitative estimate of drug-likeness (QED) is 0.749. The first-order valence-corrected chi connectivity index (χ1v) is 7.68. The summed E-state index contributed by atoms with van der Waals surface area (Å²) in [6, 6.07) is 5.31. The van der Waals surface area contributed by atoms with E-state index < -0.39 is 0 Å². The molecule has 1 atom stereocenters. The Labute approximate surface area is 133 Å².